The van der Waals surface area contributed by atoms with Crippen LogP contribution in [0.25, 0.3) is 0 Å². The quantitative estimate of drug-likeness (QED) is 0.782. The van der Waals surface area contributed by atoms with Crippen LogP contribution in [0.4, 0.5) is 0 Å². The smallest absolute Gasteiger partial charge is 0.0582 e. The summed E-state index contributed by atoms with van der Waals surface area (Å²) in [4.78, 5) is 0. The van der Waals surface area contributed by atoms with Gasteiger partial charge >= 0.3 is 0 Å². The monoisotopic (exact) mass is 241 g/mol. The fraction of sp³-hybridized carbons (Fsp3) is 0.529. The van der Waals surface area contributed by atoms with Gasteiger partial charge in [-0.2, -0.15) is 0 Å². The number of hydrogen-bond acceptors (Lipinski definition) is 1. The predicted molar refractivity (Wildman–Crippen MR) is 77.3 cm³/mol. The van der Waals surface area contributed by atoms with E-state index in [0.717, 1.165) is 23.9 Å². The van der Waals surface area contributed by atoms with Gasteiger partial charge in [0.15, 0.2) is 0 Å². The van der Waals surface area contributed by atoms with Crippen LogP contribution in [-0.4, -0.2) is 12.6 Å². The number of benzene rings is 1. The van der Waals surface area contributed by atoms with E-state index in [1.807, 2.05) is 18.2 Å². The van der Waals surface area contributed by atoms with Crippen LogP contribution in [0.5, 0.6) is 0 Å². The van der Waals surface area contributed by atoms with Gasteiger partial charge in [0.1, 0.15) is 0 Å². The fourth-order valence-corrected chi connectivity index (χ4v) is 2.82. The van der Waals surface area contributed by atoms with E-state index in [1.54, 1.807) is 0 Å². The van der Waals surface area contributed by atoms with Crippen molar-refractivity contribution in [2.24, 2.45) is 11.8 Å². The molecule has 1 aliphatic carbocycles. The summed E-state index contributed by atoms with van der Waals surface area (Å²) in [5, 5.41) is 3.59. The maximum absolute atomic E-state index is 3.59. The lowest BCUT2D eigenvalue weighted by molar-refractivity contribution is 0.233. The van der Waals surface area contributed by atoms with E-state index in [-0.39, 0.29) is 0 Å². The molecular weight excluding hydrogens is 218 g/mol. The van der Waals surface area contributed by atoms with Gasteiger partial charge in [-0.3, -0.25) is 0 Å². The average Bonchev–Trinajstić information content (AvgIpc) is 2.38. The van der Waals surface area contributed by atoms with Crippen molar-refractivity contribution >= 4 is 0 Å². The highest BCUT2D eigenvalue weighted by atomic mass is 14.9. The topological polar surface area (TPSA) is 12.0 Å². The molecule has 1 aliphatic rings. The van der Waals surface area contributed by atoms with Crippen molar-refractivity contribution in [2.75, 3.05) is 6.54 Å². The molecule has 0 aromatic heterocycles. The molecule has 18 heavy (non-hydrogen) atoms. The van der Waals surface area contributed by atoms with E-state index in [9.17, 15) is 0 Å². The molecule has 0 aliphatic heterocycles. The minimum Gasteiger partial charge on any atom is -0.303 e. The van der Waals surface area contributed by atoms with E-state index in [4.69, 9.17) is 0 Å². The van der Waals surface area contributed by atoms with Crippen molar-refractivity contribution in [1.29, 1.82) is 0 Å². The summed E-state index contributed by atoms with van der Waals surface area (Å²) >= 11 is 0. The third kappa shape index (κ3) is 3.89. The first-order valence-corrected chi connectivity index (χ1v) is 7.03. The van der Waals surface area contributed by atoms with Gasteiger partial charge < -0.3 is 5.32 Å². The zero-order chi connectivity index (χ0) is 12.8. The summed E-state index contributed by atoms with van der Waals surface area (Å²) in [6.07, 6.45) is 4.01. The average molecular weight is 241 g/mol. The van der Waals surface area contributed by atoms with Crippen molar-refractivity contribution in [3.8, 4) is 11.8 Å². The highest BCUT2D eigenvalue weighted by Crippen LogP contribution is 2.28. The molecule has 0 heterocycles. The van der Waals surface area contributed by atoms with Gasteiger partial charge in [-0.25, -0.2) is 0 Å². The van der Waals surface area contributed by atoms with Gasteiger partial charge in [0.25, 0.3) is 0 Å². The predicted octanol–water partition coefficient (Wildman–Crippen LogP) is 3.45. The first-order chi connectivity index (χ1) is 8.75. The standard InChI is InChI=1S/C17H23N/c1-14-10-11-17(15(2)13-14)18-12-6-9-16-7-4-3-5-8-16/h3-5,7-8,14-15,17-18H,10-13H2,1-2H3. The molecule has 0 saturated heterocycles. The Labute approximate surface area is 111 Å². The van der Waals surface area contributed by atoms with Crippen LogP contribution in [0.3, 0.4) is 0 Å². The second-order valence-electron chi connectivity index (χ2n) is 5.55. The largest absolute Gasteiger partial charge is 0.303 e. The van der Waals surface area contributed by atoms with Crippen molar-refractivity contribution in [1.82, 2.24) is 5.32 Å². The molecule has 0 amide bonds. The maximum Gasteiger partial charge on any atom is 0.0582 e. The zero-order valence-electron chi connectivity index (χ0n) is 11.4. The van der Waals surface area contributed by atoms with Gasteiger partial charge in [-0.15, -0.1) is 0 Å². The van der Waals surface area contributed by atoms with Gasteiger partial charge in [0.05, 0.1) is 6.54 Å². The molecule has 1 nitrogen and oxygen atoms in total. The Hall–Kier alpha value is -1.26. The molecule has 3 atom stereocenters. The Morgan fingerprint density at radius 2 is 1.94 bits per heavy atom. The molecule has 0 radical (unpaired) electrons. The van der Waals surface area contributed by atoms with Crippen molar-refractivity contribution in [2.45, 2.75) is 39.2 Å². The van der Waals surface area contributed by atoms with E-state index in [2.05, 4.69) is 43.1 Å². The van der Waals surface area contributed by atoms with Crippen LogP contribution in [-0.2, 0) is 0 Å². The van der Waals surface area contributed by atoms with Crippen LogP contribution in [0.15, 0.2) is 30.3 Å². The highest BCUT2D eigenvalue weighted by Gasteiger charge is 2.24. The molecular formula is C17H23N. The van der Waals surface area contributed by atoms with Crippen molar-refractivity contribution in [3.05, 3.63) is 35.9 Å². The molecule has 3 unspecified atom stereocenters. The summed E-state index contributed by atoms with van der Waals surface area (Å²) in [7, 11) is 0. The lowest BCUT2D eigenvalue weighted by Crippen LogP contribution is -2.39. The van der Waals surface area contributed by atoms with Crippen molar-refractivity contribution < 1.29 is 0 Å². The lowest BCUT2D eigenvalue weighted by Gasteiger charge is -2.32. The van der Waals surface area contributed by atoms with Crippen LogP contribution < -0.4 is 5.32 Å². The first kappa shape index (κ1) is 13.2. The molecule has 0 bridgehead atoms. The zero-order valence-corrected chi connectivity index (χ0v) is 11.4. The Morgan fingerprint density at radius 3 is 2.67 bits per heavy atom. The van der Waals surface area contributed by atoms with E-state index in [1.165, 1.54) is 19.3 Å². The molecule has 0 spiro atoms. The van der Waals surface area contributed by atoms with Gasteiger partial charge in [-0.1, -0.05) is 43.9 Å². The molecule has 1 heteroatoms. The Bertz CT molecular complexity index is 412. The first-order valence-electron chi connectivity index (χ1n) is 7.03. The summed E-state index contributed by atoms with van der Waals surface area (Å²) in [5.74, 6) is 8.10. The Balaban J connectivity index is 1.77. The number of nitrogens with one attached hydrogen (secondary N) is 1. The van der Waals surface area contributed by atoms with Crippen molar-refractivity contribution in [3.63, 3.8) is 0 Å². The summed E-state index contributed by atoms with van der Waals surface area (Å²) in [5.41, 5.74) is 1.10. The van der Waals surface area contributed by atoms with Crippen LogP contribution in [0.2, 0.25) is 0 Å². The highest BCUT2D eigenvalue weighted by molar-refractivity contribution is 5.33. The normalized spacial score (nSPS) is 27.3. The van der Waals surface area contributed by atoms with Gasteiger partial charge in [0.2, 0.25) is 0 Å². The maximum atomic E-state index is 3.59. The molecule has 2 rings (SSSR count). The third-order valence-electron chi connectivity index (χ3n) is 3.89. The van der Waals surface area contributed by atoms with Gasteiger partial charge in [0, 0.05) is 11.6 Å². The third-order valence-corrected chi connectivity index (χ3v) is 3.89. The summed E-state index contributed by atoms with van der Waals surface area (Å²) in [6.45, 7) is 5.53. The Kier molecular flexibility index (Phi) is 4.84. The second kappa shape index (κ2) is 6.61. The minimum absolute atomic E-state index is 0.659. The van der Waals surface area contributed by atoms with E-state index in [0.29, 0.717) is 6.04 Å². The van der Waals surface area contributed by atoms with Gasteiger partial charge in [-0.05, 0) is 43.2 Å². The fourth-order valence-electron chi connectivity index (χ4n) is 2.82. The molecule has 96 valence electrons. The lowest BCUT2D eigenvalue weighted by atomic mass is 9.80. The molecule has 1 aromatic rings. The number of rotatable bonds is 2. The number of hydrogen-bond donors (Lipinski definition) is 1. The molecule has 1 aromatic carbocycles. The van der Waals surface area contributed by atoms with Crippen LogP contribution >= 0.6 is 0 Å². The van der Waals surface area contributed by atoms with Crippen LogP contribution in [0.1, 0.15) is 38.7 Å². The van der Waals surface area contributed by atoms with Crippen LogP contribution in [0, 0.1) is 23.7 Å². The summed E-state index contributed by atoms with van der Waals surface area (Å²) < 4.78 is 0. The molecule has 1 fully saturated rings. The molecule has 1 saturated carbocycles. The van der Waals surface area contributed by atoms with E-state index < -0.39 is 0 Å². The molecule has 1 N–H and O–H groups in total. The minimum atomic E-state index is 0.659. The SMILES string of the molecule is CC1CCC(NCC#Cc2ccccc2)C(C)C1. The summed E-state index contributed by atoms with van der Waals surface area (Å²) in [6, 6.07) is 10.8. The Morgan fingerprint density at radius 1 is 1.17 bits per heavy atom. The van der Waals surface area contributed by atoms with E-state index >= 15 is 0 Å². The second-order valence-corrected chi connectivity index (χ2v) is 5.55.